The molecule has 2 fully saturated rings. The first-order valence-corrected chi connectivity index (χ1v) is 6.95. The third-order valence-corrected chi connectivity index (χ3v) is 4.23. The predicted octanol–water partition coefficient (Wildman–Crippen LogP) is -0.0146. The largest absolute Gasteiger partial charge is 0.550 e. The van der Waals surface area contributed by atoms with E-state index in [-0.39, 0.29) is 24.4 Å². The SMILES string of the molecule is O=C(NCc1ccc(F)cc1)[C@H]1[C@H](C(=O)[O-])[C@H]2CC[C@@H]1O2. The zero-order chi connectivity index (χ0) is 15.0. The van der Waals surface area contributed by atoms with E-state index in [1.165, 1.54) is 12.1 Å². The van der Waals surface area contributed by atoms with E-state index in [0.29, 0.717) is 12.8 Å². The van der Waals surface area contributed by atoms with Crippen molar-refractivity contribution in [3.8, 4) is 0 Å². The van der Waals surface area contributed by atoms with Crippen LogP contribution < -0.4 is 10.4 Å². The van der Waals surface area contributed by atoms with Gasteiger partial charge in [0.1, 0.15) is 5.82 Å². The maximum atomic E-state index is 12.8. The van der Waals surface area contributed by atoms with Crippen LogP contribution in [0.1, 0.15) is 18.4 Å². The molecule has 5 nitrogen and oxygen atoms in total. The highest BCUT2D eigenvalue weighted by Gasteiger charge is 2.52. The number of halogens is 1. The average Bonchev–Trinajstić information content (AvgIpc) is 3.06. The number of nitrogens with one attached hydrogen (secondary N) is 1. The van der Waals surface area contributed by atoms with Gasteiger partial charge in [-0.3, -0.25) is 4.79 Å². The fourth-order valence-corrected chi connectivity index (χ4v) is 3.22. The van der Waals surface area contributed by atoms with Gasteiger partial charge in [0.2, 0.25) is 5.91 Å². The summed E-state index contributed by atoms with van der Waals surface area (Å²) in [4.78, 5) is 23.4. The molecule has 3 rings (SSSR count). The second-order valence-corrected chi connectivity index (χ2v) is 5.51. The number of hydrogen-bond acceptors (Lipinski definition) is 4. The fourth-order valence-electron chi connectivity index (χ4n) is 3.22. The topological polar surface area (TPSA) is 78.5 Å². The van der Waals surface area contributed by atoms with Crippen LogP contribution in [-0.2, 0) is 20.9 Å². The van der Waals surface area contributed by atoms with Crippen molar-refractivity contribution in [1.82, 2.24) is 5.32 Å². The fraction of sp³-hybridized carbons (Fsp3) is 0.467. The summed E-state index contributed by atoms with van der Waals surface area (Å²) in [7, 11) is 0. The Morgan fingerprint density at radius 3 is 2.43 bits per heavy atom. The zero-order valence-electron chi connectivity index (χ0n) is 11.3. The van der Waals surface area contributed by atoms with E-state index in [1.54, 1.807) is 12.1 Å². The number of carbonyl (C=O) groups is 2. The Kier molecular flexibility index (Phi) is 3.63. The van der Waals surface area contributed by atoms with Gasteiger partial charge in [0.05, 0.1) is 18.1 Å². The van der Waals surface area contributed by atoms with Crippen LogP contribution in [-0.4, -0.2) is 24.1 Å². The van der Waals surface area contributed by atoms with E-state index in [1.807, 2.05) is 0 Å². The molecule has 1 aromatic rings. The molecule has 6 heteroatoms. The van der Waals surface area contributed by atoms with E-state index in [9.17, 15) is 19.1 Å². The molecule has 2 heterocycles. The summed E-state index contributed by atoms with van der Waals surface area (Å²) < 4.78 is 18.3. The smallest absolute Gasteiger partial charge is 0.226 e. The van der Waals surface area contributed by atoms with Crippen molar-refractivity contribution in [3.63, 3.8) is 0 Å². The molecule has 0 spiro atoms. The van der Waals surface area contributed by atoms with Crippen LogP contribution in [0.4, 0.5) is 4.39 Å². The van der Waals surface area contributed by atoms with Crippen LogP contribution in [0, 0.1) is 17.7 Å². The first kappa shape index (κ1) is 14.0. The first-order chi connectivity index (χ1) is 10.1. The van der Waals surface area contributed by atoms with Crippen molar-refractivity contribution in [2.45, 2.75) is 31.6 Å². The van der Waals surface area contributed by atoms with Crippen LogP contribution in [0.2, 0.25) is 0 Å². The van der Waals surface area contributed by atoms with Gasteiger partial charge >= 0.3 is 0 Å². The number of benzene rings is 1. The van der Waals surface area contributed by atoms with Gasteiger partial charge in [0.15, 0.2) is 0 Å². The highest BCUT2D eigenvalue weighted by molar-refractivity contribution is 5.86. The number of amides is 1. The molecule has 2 aliphatic rings. The molecule has 1 aromatic carbocycles. The molecule has 1 N–H and O–H groups in total. The lowest BCUT2D eigenvalue weighted by atomic mass is 9.78. The summed E-state index contributed by atoms with van der Waals surface area (Å²) in [5.41, 5.74) is 0.749. The van der Waals surface area contributed by atoms with Crippen LogP contribution >= 0.6 is 0 Å². The van der Waals surface area contributed by atoms with Crippen LogP contribution in [0.3, 0.4) is 0 Å². The minimum atomic E-state index is -1.23. The lowest BCUT2D eigenvalue weighted by Crippen LogP contribution is -2.48. The highest BCUT2D eigenvalue weighted by atomic mass is 19.1. The van der Waals surface area contributed by atoms with E-state index in [2.05, 4.69) is 5.32 Å². The van der Waals surface area contributed by atoms with E-state index < -0.39 is 23.9 Å². The van der Waals surface area contributed by atoms with Gasteiger partial charge in [0.25, 0.3) is 0 Å². The number of fused-ring (bicyclic) bond motifs is 2. The Labute approximate surface area is 121 Å². The van der Waals surface area contributed by atoms with Gasteiger partial charge in [-0.1, -0.05) is 12.1 Å². The second-order valence-electron chi connectivity index (χ2n) is 5.51. The lowest BCUT2D eigenvalue weighted by Gasteiger charge is -2.27. The summed E-state index contributed by atoms with van der Waals surface area (Å²) in [6, 6.07) is 5.77. The number of hydrogen-bond donors (Lipinski definition) is 1. The van der Waals surface area contributed by atoms with Crippen molar-refractivity contribution >= 4 is 11.9 Å². The second kappa shape index (κ2) is 5.44. The molecule has 0 saturated carbocycles. The summed E-state index contributed by atoms with van der Waals surface area (Å²) >= 11 is 0. The number of ether oxygens (including phenoxy) is 1. The molecule has 21 heavy (non-hydrogen) atoms. The lowest BCUT2D eigenvalue weighted by molar-refractivity contribution is -0.314. The Bertz CT molecular complexity index is 559. The maximum absolute atomic E-state index is 12.8. The first-order valence-electron chi connectivity index (χ1n) is 6.95. The molecule has 0 unspecified atom stereocenters. The summed E-state index contributed by atoms with van der Waals surface area (Å²) in [5.74, 6) is -3.50. The molecule has 2 saturated heterocycles. The molecular weight excluding hydrogens is 277 g/mol. The Hall–Kier alpha value is -1.95. The van der Waals surface area contributed by atoms with Crippen molar-refractivity contribution in [1.29, 1.82) is 0 Å². The van der Waals surface area contributed by atoms with Gasteiger partial charge < -0.3 is 20.0 Å². The molecule has 2 aliphatic heterocycles. The minimum absolute atomic E-state index is 0.229. The molecule has 2 bridgehead atoms. The van der Waals surface area contributed by atoms with Crippen LogP contribution in [0.5, 0.6) is 0 Å². The number of carboxylic acid groups (broad SMARTS) is 1. The zero-order valence-corrected chi connectivity index (χ0v) is 11.3. The Morgan fingerprint density at radius 1 is 1.19 bits per heavy atom. The third kappa shape index (κ3) is 2.63. The predicted molar refractivity (Wildman–Crippen MR) is 68.1 cm³/mol. The van der Waals surface area contributed by atoms with E-state index in [0.717, 1.165) is 5.56 Å². The monoisotopic (exact) mass is 292 g/mol. The molecular formula is C15H15FNO4-. The number of carbonyl (C=O) groups excluding carboxylic acids is 2. The highest BCUT2D eigenvalue weighted by Crippen LogP contribution is 2.43. The van der Waals surface area contributed by atoms with E-state index >= 15 is 0 Å². The van der Waals surface area contributed by atoms with Gasteiger partial charge in [-0.2, -0.15) is 0 Å². The average molecular weight is 292 g/mol. The maximum Gasteiger partial charge on any atom is 0.226 e. The normalized spacial score (nSPS) is 30.3. The van der Waals surface area contributed by atoms with Gasteiger partial charge in [-0.15, -0.1) is 0 Å². The third-order valence-electron chi connectivity index (χ3n) is 4.23. The molecule has 0 aliphatic carbocycles. The summed E-state index contributed by atoms with van der Waals surface area (Å²) in [6.07, 6.45) is 0.599. The number of aliphatic carboxylic acids is 1. The molecule has 1 amide bonds. The van der Waals surface area contributed by atoms with Crippen molar-refractivity contribution < 1.29 is 23.8 Å². The van der Waals surface area contributed by atoms with Crippen molar-refractivity contribution in [3.05, 3.63) is 35.6 Å². The van der Waals surface area contributed by atoms with E-state index in [4.69, 9.17) is 4.74 Å². The van der Waals surface area contributed by atoms with Crippen molar-refractivity contribution in [2.24, 2.45) is 11.8 Å². The number of rotatable bonds is 4. The Balaban J connectivity index is 1.64. The number of carboxylic acids is 1. The Morgan fingerprint density at radius 2 is 1.81 bits per heavy atom. The molecule has 0 aromatic heterocycles. The van der Waals surface area contributed by atoms with Gasteiger partial charge in [-0.25, -0.2) is 4.39 Å². The van der Waals surface area contributed by atoms with Gasteiger partial charge in [-0.05, 0) is 30.5 Å². The van der Waals surface area contributed by atoms with Crippen LogP contribution in [0.15, 0.2) is 24.3 Å². The molecule has 112 valence electrons. The standard InChI is InChI=1S/C15H16FNO4/c16-9-3-1-8(2-4-9)7-17-14(18)12-10-5-6-11(21-10)13(12)15(19)20/h1-4,10-13H,5-7H2,(H,17,18)(H,19,20)/p-1/t10-,11+,12+,13+/m0/s1. The van der Waals surface area contributed by atoms with Crippen LogP contribution in [0.25, 0.3) is 0 Å². The summed E-state index contributed by atoms with van der Waals surface area (Å²) in [5, 5.41) is 13.9. The molecule has 4 atom stereocenters. The van der Waals surface area contributed by atoms with Gasteiger partial charge in [0, 0.05) is 18.4 Å². The van der Waals surface area contributed by atoms with Crippen molar-refractivity contribution in [2.75, 3.05) is 0 Å². The summed E-state index contributed by atoms with van der Waals surface area (Å²) in [6.45, 7) is 0.229. The quantitative estimate of drug-likeness (QED) is 0.846. The molecule has 0 radical (unpaired) electrons. The minimum Gasteiger partial charge on any atom is -0.550 e.